The van der Waals surface area contributed by atoms with Gasteiger partial charge in [0.05, 0.1) is 5.52 Å². The van der Waals surface area contributed by atoms with E-state index in [1.807, 2.05) is 0 Å². The third-order valence-corrected chi connectivity index (χ3v) is 2.60. The van der Waals surface area contributed by atoms with Gasteiger partial charge in [-0.3, -0.25) is 0 Å². The van der Waals surface area contributed by atoms with Crippen LogP contribution in [0.3, 0.4) is 0 Å². The van der Waals surface area contributed by atoms with Crippen molar-refractivity contribution in [2.45, 2.75) is 0 Å². The lowest BCUT2D eigenvalue weighted by Crippen LogP contribution is -1.80. The molecule has 3 rings (SSSR count). The average Bonchev–Trinajstić information content (AvgIpc) is 2.54. The highest BCUT2D eigenvalue weighted by molar-refractivity contribution is 6.07. The van der Waals surface area contributed by atoms with Crippen molar-refractivity contribution in [3.8, 4) is 5.75 Å². The van der Waals surface area contributed by atoms with Gasteiger partial charge in [0.2, 0.25) is 0 Å². The first-order valence-corrected chi connectivity index (χ1v) is 4.74. The molecule has 0 fully saturated rings. The van der Waals surface area contributed by atoms with Crippen LogP contribution in [-0.4, -0.2) is 10.1 Å². The number of aromatic nitrogens is 1. The molecule has 0 radical (unpaired) electrons. The summed E-state index contributed by atoms with van der Waals surface area (Å²) in [7, 11) is 0. The summed E-state index contributed by atoms with van der Waals surface area (Å²) in [5.74, 6) is -1.20. The molecule has 0 atom stereocenters. The molecular formula is C12H7F2NO. The van der Waals surface area contributed by atoms with Gasteiger partial charge in [-0.05, 0) is 24.3 Å². The first-order valence-electron chi connectivity index (χ1n) is 4.74. The number of rotatable bonds is 0. The second kappa shape index (κ2) is 2.95. The van der Waals surface area contributed by atoms with Gasteiger partial charge in [0.15, 0.2) is 0 Å². The molecule has 16 heavy (non-hydrogen) atoms. The largest absolute Gasteiger partial charge is 0.508 e. The Morgan fingerprint density at radius 3 is 2.62 bits per heavy atom. The number of hydrogen-bond donors (Lipinski definition) is 2. The summed E-state index contributed by atoms with van der Waals surface area (Å²) in [6, 6.07) is 6.64. The van der Waals surface area contributed by atoms with E-state index in [1.54, 1.807) is 6.07 Å². The van der Waals surface area contributed by atoms with Crippen LogP contribution in [0.25, 0.3) is 21.8 Å². The van der Waals surface area contributed by atoms with Crippen LogP contribution in [0.4, 0.5) is 8.78 Å². The Balaban J connectivity index is 2.57. The van der Waals surface area contributed by atoms with E-state index in [2.05, 4.69) is 4.98 Å². The van der Waals surface area contributed by atoms with Gasteiger partial charge in [0.1, 0.15) is 17.4 Å². The number of halogens is 2. The minimum absolute atomic E-state index is 0.0529. The molecule has 2 nitrogen and oxygen atoms in total. The first kappa shape index (κ1) is 9.15. The molecule has 3 aromatic rings. The number of aromatic hydroxyl groups is 1. The number of phenols is 1. The molecule has 2 aromatic carbocycles. The summed E-state index contributed by atoms with van der Waals surface area (Å²) < 4.78 is 26.6. The van der Waals surface area contributed by atoms with E-state index in [4.69, 9.17) is 0 Å². The zero-order chi connectivity index (χ0) is 11.3. The van der Waals surface area contributed by atoms with Gasteiger partial charge >= 0.3 is 0 Å². The predicted octanol–water partition coefficient (Wildman–Crippen LogP) is 3.30. The van der Waals surface area contributed by atoms with E-state index >= 15 is 0 Å². The van der Waals surface area contributed by atoms with Crippen LogP contribution in [0.5, 0.6) is 5.75 Å². The Kier molecular flexibility index (Phi) is 1.68. The van der Waals surface area contributed by atoms with Crippen LogP contribution in [0, 0.1) is 11.6 Å². The zero-order valence-corrected chi connectivity index (χ0v) is 8.09. The predicted molar refractivity (Wildman–Crippen MR) is 57.4 cm³/mol. The maximum absolute atomic E-state index is 13.6. The van der Waals surface area contributed by atoms with Crippen LogP contribution < -0.4 is 0 Å². The van der Waals surface area contributed by atoms with Crippen molar-refractivity contribution in [1.82, 2.24) is 4.98 Å². The van der Waals surface area contributed by atoms with E-state index in [9.17, 15) is 13.9 Å². The van der Waals surface area contributed by atoms with E-state index in [0.717, 1.165) is 6.07 Å². The summed E-state index contributed by atoms with van der Waals surface area (Å²) in [4.78, 5) is 2.90. The van der Waals surface area contributed by atoms with Crippen LogP contribution in [0.15, 0.2) is 30.3 Å². The number of nitrogens with one attached hydrogen (secondary N) is 1. The zero-order valence-electron chi connectivity index (χ0n) is 8.09. The van der Waals surface area contributed by atoms with Crippen molar-refractivity contribution in [3.63, 3.8) is 0 Å². The summed E-state index contributed by atoms with van der Waals surface area (Å²) in [5.41, 5.74) is 1.05. The highest BCUT2D eigenvalue weighted by Gasteiger charge is 2.11. The Labute approximate surface area is 89.1 Å². The van der Waals surface area contributed by atoms with E-state index in [-0.39, 0.29) is 5.75 Å². The second-order valence-corrected chi connectivity index (χ2v) is 3.67. The standard InChI is InChI=1S/C12H7F2NO/c13-6-3-9(14)12-8-5-7(16)1-2-10(8)15-11(12)4-6/h1-5,15-16H. The molecule has 0 unspecified atom stereocenters. The number of aromatic amines is 1. The quantitative estimate of drug-likeness (QED) is 0.597. The summed E-state index contributed by atoms with van der Waals surface area (Å²) >= 11 is 0. The average molecular weight is 219 g/mol. The third-order valence-electron chi connectivity index (χ3n) is 2.60. The van der Waals surface area contributed by atoms with Crippen LogP contribution in [0.2, 0.25) is 0 Å². The van der Waals surface area contributed by atoms with Gasteiger partial charge in [0.25, 0.3) is 0 Å². The van der Waals surface area contributed by atoms with Gasteiger partial charge in [-0.2, -0.15) is 0 Å². The van der Waals surface area contributed by atoms with Crippen molar-refractivity contribution < 1.29 is 13.9 Å². The monoisotopic (exact) mass is 219 g/mol. The Hall–Kier alpha value is -2.10. The SMILES string of the molecule is Oc1ccc2[nH]c3cc(F)cc(F)c3c2c1. The molecule has 0 spiro atoms. The van der Waals surface area contributed by atoms with E-state index < -0.39 is 11.6 Å². The Morgan fingerprint density at radius 1 is 1.00 bits per heavy atom. The van der Waals surface area contributed by atoms with Crippen molar-refractivity contribution in [3.05, 3.63) is 42.0 Å². The van der Waals surface area contributed by atoms with Crippen molar-refractivity contribution in [1.29, 1.82) is 0 Å². The Bertz CT molecular complexity index is 703. The Morgan fingerprint density at radius 2 is 1.81 bits per heavy atom. The van der Waals surface area contributed by atoms with Crippen LogP contribution in [0.1, 0.15) is 0 Å². The molecule has 0 aliphatic heterocycles. The molecule has 4 heteroatoms. The molecule has 0 aliphatic carbocycles. The number of phenolic OH excluding ortho intramolecular Hbond substituents is 1. The fraction of sp³-hybridized carbons (Fsp3) is 0. The van der Waals surface area contributed by atoms with Crippen LogP contribution >= 0.6 is 0 Å². The van der Waals surface area contributed by atoms with Gasteiger partial charge in [-0.25, -0.2) is 8.78 Å². The normalized spacial score (nSPS) is 11.4. The number of H-pyrrole nitrogens is 1. The molecule has 0 aliphatic rings. The topological polar surface area (TPSA) is 36.0 Å². The smallest absolute Gasteiger partial charge is 0.136 e. The molecular weight excluding hydrogens is 212 g/mol. The number of fused-ring (bicyclic) bond motifs is 3. The maximum atomic E-state index is 13.6. The molecule has 0 amide bonds. The fourth-order valence-electron chi connectivity index (χ4n) is 1.94. The number of hydrogen-bond acceptors (Lipinski definition) is 1. The molecule has 0 saturated heterocycles. The van der Waals surface area contributed by atoms with Crippen molar-refractivity contribution in [2.75, 3.05) is 0 Å². The lowest BCUT2D eigenvalue weighted by Gasteiger charge is -1.95. The lowest BCUT2D eigenvalue weighted by atomic mass is 10.1. The van der Waals surface area contributed by atoms with E-state index in [0.29, 0.717) is 21.8 Å². The molecule has 1 heterocycles. The minimum Gasteiger partial charge on any atom is -0.508 e. The molecule has 0 bridgehead atoms. The van der Waals surface area contributed by atoms with Crippen molar-refractivity contribution in [2.24, 2.45) is 0 Å². The van der Waals surface area contributed by atoms with E-state index in [1.165, 1.54) is 18.2 Å². The molecule has 0 saturated carbocycles. The van der Waals surface area contributed by atoms with Crippen molar-refractivity contribution >= 4 is 21.8 Å². The first-order chi connectivity index (χ1) is 7.65. The minimum atomic E-state index is -0.633. The summed E-state index contributed by atoms with van der Waals surface area (Å²) in [6.45, 7) is 0. The summed E-state index contributed by atoms with van der Waals surface area (Å²) in [6.07, 6.45) is 0. The van der Waals surface area contributed by atoms with Crippen LogP contribution in [-0.2, 0) is 0 Å². The van der Waals surface area contributed by atoms with Gasteiger partial charge in [-0.1, -0.05) is 0 Å². The molecule has 80 valence electrons. The highest BCUT2D eigenvalue weighted by atomic mass is 19.1. The summed E-state index contributed by atoms with van der Waals surface area (Å²) in [5, 5.41) is 10.2. The third kappa shape index (κ3) is 1.16. The van der Waals surface area contributed by atoms with Gasteiger partial charge < -0.3 is 10.1 Å². The van der Waals surface area contributed by atoms with Gasteiger partial charge in [-0.15, -0.1) is 0 Å². The highest BCUT2D eigenvalue weighted by Crippen LogP contribution is 2.30. The second-order valence-electron chi connectivity index (χ2n) is 3.67. The van der Waals surface area contributed by atoms with Gasteiger partial charge in [0, 0.05) is 22.4 Å². The fourth-order valence-corrected chi connectivity index (χ4v) is 1.94. The lowest BCUT2D eigenvalue weighted by molar-refractivity contribution is 0.476. The number of benzene rings is 2. The maximum Gasteiger partial charge on any atom is 0.136 e. The molecule has 2 N–H and O–H groups in total. The molecule has 1 aromatic heterocycles.